The van der Waals surface area contributed by atoms with Gasteiger partial charge >= 0.3 is 0 Å². The summed E-state index contributed by atoms with van der Waals surface area (Å²) in [7, 11) is 1.64. The van der Waals surface area contributed by atoms with E-state index in [0.717, 1.165) is 22.6 Å². The van der Waals surface area contributed by atoms with Crippen molar-refractivity contribution in [3.05, 3.63) is 53.9 Å². The van der Waals surface area contributed by atoms with Crippen LogP contribution in [0.25, 0.3) is 11.0 Å². The van der Waals surface area contributed by atoms with Crippen LogP contribution in [0, 0.1) is 5.82 Å². The van der Waals surface area contributed by atoms with E-state index in [1.807, 2.05) is 18.2 Å². The molecule has 6 nitrogen and oxygen atoms in total. The smallest absolute Gasteiger partial charge is 0.145 e. The summed E-state index contributed by atoms with van der Waals surface area (Å²) in [5.74, 6) is 1.39. The predicted octanol–water partition coefficient (Wildman–Crippen LogP) is 2.44. The van der Waals surface area contributed by atoms with Crippen molar-refractivity contribution in [2.45, 2.75) is 19.2 Å². The monoisotopic (exact) mass is 342 g/mol. The first-order valence-electron chi connectivity index (χ1n) is 8.18. The van der Waals surface area contributed by atoms with Crippen LogP contribution >= 0.6 is 0 Å². The maximum absolute atomic E-state index is 13.7. The molecule has 1 atom stereocenters. The van der Waals surface area contributed by atoms with Gasteiger partial charge in [-0.15, -0.1) is 0 Å². The molecular weight excluding hydrogens is 323 g/mol. The highest BCUT2D eigenvalue weighted by Gasteiger charge is 2.24. The van der Waals surface area contributed by atoms with Gasteiger partial charge in [-0.2, -0.15) is 0 Å². The normalized spacial score (nSPS) is 16.8. The molecule has 0 saturated heterocycles. The molecule has 1 aliphatic heterocycles. The fourth-order valence-electron chi connectivity index (χ4n) is 3.20. The number of imidazole rings is 1. The van der Waals surface area contributed by atoms with E-state index in [0.29, 0.717) is 31.9 Å². The molecule has 0 fully saturated rings. The molecule has 0 amide bonds. The predicted molar refractivity (Wildman–Crippen MR) is 90.9 cm³/mol. The van der Waals surface area contributed by atoms with Crippen molar-refractivity contribution >= 4 is 11.0 Å². The Hall–Kier alpha value is -2.51. The Morgan fingerprint density at radius 3 is 3.16 bits per heavy atom. The fourth-order valence-corrected chi connectivity index (χ4v) is 3.20. The summed E-state index contributed by atoms with van der Waals surface area (Å²) >= 11 is 0. The van der Waals surface area contributed by atoms with Crippen molar-refractivity contribution in [1.82, 2.24) is 19.9 Å². The molecule has 3 heterocycles. The minimum Gasteiger partial charge on any atom is -0.497 e. The molecule has 7 heteroatoms. The lowest BCUT2D eigenvalue weighted by Gasteiger charge is -2.26. The molecule has 0 radical (unpaired) electrons. The molecule has 25 heavy (non-hydrogen) atoms. The number of pyridine rings is 1. The molecular formula is C18H19FN4O2. The molecule has 0 unspecified atom stereocenters. The molecule has 3 aromatic rings. The van der Waals surface area contributed by atoms with Gasteiger partial charge in [0.1, 0.15) is 24.0 Å². The van der Waals surface area contributed by atoms with E-state index in [-0.39, 0.29) is 11.9 Å². The fraction of sp³-hybridized carbons (Fsp3) is 0.333. The van der Waals surface area contributed by atoms with Gasteiger partial charge in [-0.05, 0) is 18.2 Å². The second-order valence-corrected chi connectivity index (χ2v) is 6.02. The van der Waals surface area contributed by atoms with Gasteiger partial charge in [0, 0.05) is 30.9 Å². The summed E-state index contributed by atoms with van der Waals surface area (Å²) in [5, 5.41) is 3.31. The van der Waals surface area contributed by atoms with Gasteiger partial charge in [-0.1, -0.05) is 0 Å². The van der Waals surface area contributed by atoms with Crippen molar-refractivity contribution < 1.29 is 13.9 Å². The van der Waals surface area contributed by atoms with Crippen molar-refractivity contribution in [2.24, 2.45) is 0 Å². The Bertz CT molecular complexity index is 896. The van der Waals surface area contributed by atoms with Crippen molar-refractivity contribution in [3.8, 4) is 5.75 Å². The van der Waals surface area contributed by atoms with Crippen LogP contribution < -0.4 is 10.1 Å². The number of nitrogens with one attached hydrogen (secondary N) is 1. The van der Waals surface area contributed by atoms with Crippen LogP contribution in [0.1, 0.15) is 17.4 Å². The Balaban J connectivity index is 1.54. The Kier molecular flexibility index (Phi) is 4.33. The van der Waals surface area contributed by atoms with Crippen molar-refractivity contribution in [2.75, 3.05) is 20.3 Å². The summed E-state index contributed by atoms with van der Waals surface area (Å²) in [6.45, 7) is 2.19. The van der Waals surface area contributed by atoms with Gasteiger partial charge in [-0.3, -0.25) is 4.98 Å². The lowest BCUT2D eigenvalue weighted by atomic mass is 10.2. The van der Waals surface area contributed by atoms with Gasteiger partial charge in [0.15, 0.2) is 0 Å². The van der Waals surface area contributed by atoms with Gasteiger partial charge in [0.05, 0.1) is 37.0 Å². The lowest BCUT2D eigenvalue weighted by Crippen LogP contribution is -2.32. The minimum absolute atomic E-state index is 0.104. The lowest BCUT2D eigenvalue weighted by molar-refractivity contribution is 0.0564. The number of hydrogen-bond donors (Lipinski definition) is 1. The van der Waals surface area contributed by atoms with Gasteiger partial charge in [-0.25, -0.2) is 9.37 Å². The van der Waals surface area contributed by atoms with Gasteiger partial charge in [0.25, 0.3) is 0 Å². The van der Waals surface area contributed by atoms with Gasteiger partial charge < -0.3 is 19.4 Å². The Morgan fingerprint density at radius 2 is 2.32 bits per heavy atom. The van der Waals surface area contributed by atoms with Crippen LogP contribution in [-0.4, -0.2) is 34.8 Å². The van der Waals surface area contributed by atoms with Crippen molar-refractivity contribution in [3.63, 3.8) is 0 Å². The summed E-state index contributed by atoms with van der Waals surface area (Å²) in [6, 6.07) is 7.67. The van der Waals surface area contributed by atoms with Crippen LogP contribution in [0.5, 0.6) is 5.75 Å². The van der Waals surface area contributed by atoms with Gasteiger partial charge in [0.2, 0.25) is 0 Å². The maximum Gasteiger partial charge on any atom is 0.145 e. The quantitative estimate of drug-likeness (QED) is 0.772. The SMILES string of the molecule is COc1ccc2c(c1)nc1n2[C@@H](CNCc2ccncc2F)COC1. The second kappa shape index (κ2) is 6.78. The van der Waals surface area contributed by atoms with Crippen LogP contribution in [-0.2, 0) is 17.9 Å². The summed E-state index contributed by atoms with van der Waals surface area (Å²) in [5.41, 5.74) is 2.55. The third kappa shape index (κ3) is 3.08. The third-order valence-electron chi connectivity index (χ3n) is 4.43. The second-order valence-electron chi connectivity index (χ2n) is 6.02. The highest BCUT2D eigenvalue weighted by molar-refractivity contribution is 5.78. The highest BCUT2D eigenvalue weighted by Crippen LogP contribution is 2.28. The molecule has 0 aliphatic carbocycles. The average molecular weight is 342 g/mol. The van der Waals surface area contributed by atoms with E-state index in [1.165, 1.54) is 6.20 Å². The number of methoxy groups -OCH3 is 1. The first-order chi connectivity index (χ1) is 12.3. The molecule has 2 aromatic heterocycles. The molecule has 1 N–H and O–H groups in total. The Morgan fingerprint density at radius 1 is 1.40 bits per heavy atom. The number of nitrogens with zero attached hydrogens (tertiary/aromatic N) is 3. The number of ether oxygens (including phenoxy) is 2. The van der Waals surface area contributed by atoms with Crippen LogP contribution in [0.4, 0.5) is 4.39 Å². The average Bonchev–Trinajstić information content (AvgIpc) is 3.01. The minimum atomic E-state index is -0.296. The molecule has 1 aliphatic rings. The summed E-state index contributed by atoms with van der Waals surface area (Å²) < 4.78 is 26.8. The number of aromatic nitrogens is 3. The first kappa shape index (κ1) is 16.0. The van der Waals surface area contributed by atoms with Crippen molar-refractivity contribution in [1.29, 1.82) is 0 Å². The van der Waals surface area contributed by atoms with E-state index < -0.39 is 0 Å². The molecule has 0 spiro atoms. The zero-order chi connectivity index (χ0) is 17.2. The number of hydrogen-bond acceptors (Lipinski definition) is 5. The summed E-state index contributed by atoms with van der Waals surface area (Å²) in [4.78, 5) is 8.42. The maximum atomic E-state index is 13.7. The number of rotatable bonds is 5. The number of halogens is 1. The van der Waals surface area contributed by atoms with Crippen LogP contribution in [0.3, 0.4) is 0 Å². The zero-order valence-corrected chi connectivity index (χ0v) is 13.9. The molecule has 0 saturated carbocycles. The van der Waals surface area contributed by atoms with E-state index >= 15 is 0 Å². The molecule has 1 aromatic carbocycles. The van der Waals surface area contributed by atoms with Crippen LogP contribution in [0.15, 0.2) is 36.7 Å². The largest absolute Gasteiger partial charge is 0.497 e. The molecule has 0 bridgehead atoms. The third-order valence-corrected chi connectivity index (χ3v) is 4.43. The topological polar surface area (TPSA) is 61.2 Å². The first-order valence-corrected chi connectivity index (χ1v) is 8.18. The van der Waals surface area contributed by atoms with E-state index in [9.17, 15) is 4.39 Å². The van der Waals surface area contributed by atoms with E-state index in [2.05, 4.69) is 19.9 Å². The summed E-state index contributed by atoms with van der Waals surface area (Å²) in [6.07, 6.45) is 2.83. The molecule has 4 rings (SSSR count). The van der Waals surface area contributed by atoms with E-state index in [1.54, 1.807) is 19.4 Å². The standard InChI is InChI=1S/C18H19FN4O2/c1-24-14-2-3-17-16(6-14)22-18-11-25-10-13(23(17)18)8-21-7-12-4-5-20-9-15(12)19/h2-6,9,13,21H,7-8,10-11H2,1H3/t13-/m0/s1. The Labute approximate surface area is 144 Å². The number of benzene rings is 1. The highest BCUT2D eigenvalue weighted by atomic mass is 19.1. The van der Waals surface area contributed by atoms with Crippen LogP contribution in [0.2, 0.25) is 0 Å². The zero-order valence-electron chi connectivity index (χ0n) is 13.9. The van der Waals surface area contributed by atoms with E-state index in [4.69, 9.17) is 9.47 Å². The molecule has 130 valence electrons. The number of fused-ring (bicyclic) bond motifs is 3.